The smallest absolute Gasteiger partial charge is 0.0762 e. The van der Waals surface area contributed by atoms with Crippen molar-refractivity contribution in [2.45, 2.75) is 38.4 Å². The van der Waals surface area contributed by atoms with E-state index in [2.05, 4.69) is 16.3 Å². The molecule has 1 aromatic heterocycles. The summed E-state index contributed by atoms with van der Waals surface area (Å²) in [5.74, 6) is 2.61. The Hall–Kier alpha value is -1.27. The first kappa shape index (κ1) is 9.29. The largest absolute Gasteiger partial charge is 0.308 e. The van der Waals surface area contributed by atoms with E-state index in [-0.39, 0.29) is 0 Å². The first-order valence-electron chi connectivity index (χ1n) is 5.07. The molecule has 1 saturated carbocycles. The van der Waals surface area contributed by atoms with Crippen LogP contribution in [0.4, 0.5) is 0 Å². The number of aromatic nitrogens is 2. The van der Waals surface area contributed by atoms with Crippen molar-refractivity contribution in [3.63, 3.8) is 0 Å². The molecule has 0 spiro atoms. The molecule has 3 heteroatoms. The van der Waals surface area contributed by atoms with E-state index in [1.165, 1.54) is 12.8 Å². The molecule has 0 aliphatic heterocycles. The lowest BCUT2D eigenvalue weighted by Gasteiger charge is -1.98. The van der Waals surface area contributed by atoms with Gasteiger partial charge in [0.25, 0.3) is 0 Å². The van der Waals surface area contributed by atoms with Gasteiger partial charge in [-0.1, -0.05) is 0 Å². The predicted octanol–water partition coefficient (Wildman–Crippen LogP) is 1.16. The summed E-state index contributed by atoms with van der Waals surface area (Å²) in [7, 11) is 0. The van der Waals surface area contributed by atoms with Crippen LogP contribution in [-0.2, 0) is 13.1 Å². The molecule has 1 N–H and O–H groups in total. The molecule has 0 atom stereocenters. The monoisotopic (exact) mass is 189 g/mol. The fraction of sp³-hybridized carbons (Fsp3) is 0.545. The first-order chi connectivity index (χ1) is 6.88. The lowest BCUT2D eigenvalue weighted by atomic mass is 10.4. The second-order valence-electron chi connectivity index (χ2n) is 3.68. The summed E-state index contributed by atoms with van der Waals surface area (Å²) < 4.78 is 1.91. The Morgan fingerprint density at radius 3 is 3.21 bits per heavy atom. The Bertz CT molecular complexity index is 331. The first-order valence-corrected chi connectivity index (χ1v) is 5.07. The summed E-state index contributed by atoms with van der Waals surface area (Å²) in [4.78, 5) is 0. The molecule has 2 rings (SSSR count). The van der Waals surface area contributed by atoms with Gasteiger partial charge in [0.1, 0.15) is 0 Å². The molecule has 1 fully saturated rings. The van der Waals surface area contributed by atoms with Gasteiger partial charge in [-0.15, -0.1) is 12.3 Å². The Balaban J connectivity index is 1.79. The summed E-state index contributed by atoms with van der Waals surface area (Å²) >= 11 is 0. The molecule has 0 saturated heterocycles. The van der Waals surface area contributed by atoms with Crippen molar-refractivity contribution in [1.29, 1.82) is 0 Å². The zero-order valence-corrected chi connectivity index (χ0v) is 8.24. The van der Waals surface area contributed by atoms with Crippen LogP contribution in [-0.4, -0.2) is 15.8 Å². The van der Waals surface area contributed by atoms with Crippen molar-refractivity contribution >= 4 is 0 Å². The van der Waals surface area contributed by atoms with E-state index in [9.17, 15) is 0 Å². The molecule has 1 aliphatic rings. The minimum Gasteiger partial charge on any atom is -0.308 e. The normalized spacial score (nSPS) is 15.4. The standard InChI is InChI=1S/C11H15N3/c1-2-3-7-14-8-6-11(13-14)9-12-10-4-5-10/h1,6,8,10,12H,3-5,7,9H2. The highest BCUT2D eigenvalue weighted by atomic mass is 15.3. The third-order valence-corrected chi connectivity index (χ3v) is 2.33. The lowest BCUT2D eigenvalue weighted by Crippen LogP contribution is -2.15. The van der Waals surface area contributed by atoms with Crippen LogP contribution < -0.4 is 5.32 Å². The van der Waals surface area contributed by atoms with Crippen LogP contribution >= 0.6 is 0 Å². The molecular formula is C11H15N3. The molecule has 3 nitrogen and oxygen atoms in total. The Morgan fingerprint density at radius 1 is 1.64 bits per heavy atom. The molecule has 0 amide bonds. The molecule has 0 bridgehead atoms. The van der Waals surface area contributed by atoms with Crippen molar-refractivity contribution in [3.05, 3.63) is 18.0 Å². The van der Waals surface area contributed by atoms with E-state index in [4.69, 9.17) is 6.42 Å². The number of nitrogens with zero attached hydrogens (tertiary/aromatic N) is 2. The van der Waals surface area contributed by atoms with Crippen LogP contribution in [0.2, 0.25) is 0 Å². The third-order valence-electron chi connectivity index (χ3n) is 2.33. The minimum absolute atomic E-state index is 0.742. The van der Waals surface area contributed by atoms with Gasteiger partial charge >= 0.3 is 0 Å². The second-order valence-corrected chi connectivity index (χ2v) is 3.68. The maximum Gasteiger partial charge on any atom is 0.0762 e. The van der Waals surface area contributed by atoms with Crippen molar-refractivity contribution < 1.29 is 0 Å². The van der Waals surface area contributed by atoms with Crippen LogP contribution in [0.1, 0.15) is 25.0 Å². The number of terminal acetylenes is 1. The maximum atomic E-state index is 5.19. The average Bonchev–Trinajstić information content (AvgIpc) is 2.92. The lowest BCUT2D eigenvalue weighted by molar-refractivity contribution is 0.601. The molecule has 1 aromatic rings. The van der Waals surface area contributed by atoms with Crippen molar-refractivity contribution in [2.75, 3.05) is 0 Å². The Labute approximate surface area is 84.5 Å². The van der Waals surface area contributed by atoms with Gasteiger partial charge in [0.15, 0.2) is 0 Å². The van der Waals surface area contributed by atoms with Gasteiger partial charge in [-0.2, -0.15) is 5.10 Å². The summed E-state index contributed by atoms with van der Waals surface area (Å²) in [5, 5.41) is 7.83. The third kappa shape index (κ3) is 2.61. The number of aryl methyl sites for hydroxylation is 1. The molecule has 1 aliphatic carbocycles. The number of hydrogen-bond acceptors (Lipinski definition) is 2. The van der Waals surface area contributed by atoms with E-state index < -0.39 is 0 Å². The van der Waals surface area contributed by atoms with Crippen molar-refractivity contribution in [3.8, 4) is 12.3 Å². The molecule has 74 valence electrons. The quantitative estimate of drug-likeness (QED) is 0.704. The Morgan fingerprint density at radius 2 is 2.50 bits per heavy atom. The molecular weight excluding hydrogens is 174 g/mol. The van der Waals surface area contributed by atoms with Crippen LogP contribution in [0, 0.1) is 12.3 Å². The van der Waals surface area contributed by atoms with Crippen molar-refractivity contribution in [1.82, 2.24) is 15.1 Å². The van der Waals surface area contributed by atoms with Crippen LogP contribution in [0.15, 0.2) is 12.3 Å². The minimum atomic E-state index is 0.742. The molecule has 0 aromatic carbocycles. The van der Waals surface area contributed by atoms with Gasteiger partial charge in [-0.25, -0.2) is 0 Å². The van der Waals surface area contributed by atoms with Gasteiger partial charge in [0, 0.05) is 25.2 Å². The predicted molar refractivity (Wildman–Crippen MR) is 55.5 cm³/mol. The fourth-order valence-corrected chi connectivity index (χ4v) is 1.34. The summed E-state index contributed by atoms with van der Waals surface area (Å²) in [6, 6.07) is 2.79. The zero-order chi connectivity index (χ0) is 9.80. The number of hydrogen-bond donors (Lipinski definition) is 1. The van der Waals surface area contributed by atoms with Gasteiger partial charge < -0.3 is 5.32 Å². The van der Waals surface area contributed by atoms with Gasteiger partial charge in [-0.05, 0) is 18.9 Å². The molecule has 0 radical (unpaired) electrons. The number of rotatable bonds is 5. The summed E-state index contributed by atoms with van der Waals surface area (Å²) in [6.07, 6.45) is 10.6. The SMILES string of the molecule is C#CCCn1ccc(CNC2CC2)n1. The second kappa shape index (κ2) is 4.30. The zero-order valence-electron chi connectivity index (χ0n) is 8.24. The highest BCUT2D eigenvalue weighted by molar-refractivity contribution is 5.00. The Kier molecular flexibility index (Phi) is 2.85. The topological polar surface area (TPSA) is 29.9 Å². The van der Waals surface area contributed by atoms with Crippen LogP contribution in [0.5, 0.6) is 0 Å². The highest BCUT2D eigenvalue weighted by Gasteiger charge is 2.20. The number of nitrogens with one attached hydrogen (secondary N) is 1. The summed E-state index contributed by atoms with van der Waals surface area (Å²) in [6.45, 7) is 1.70. The molecule has 14 heavy (non-hydrogen) atoms. The summed E-state index contributed by atoms with van der Waals surface area (Å²) in [5.41, 5.74) is 1.11. The van der Waals surface area contributed by atoms with E-state index in [1.54, 1.807) is 0 Å². The van der Waals surface area contributed by atoms with Gasteiger partial charge in [0.2, 0.25) is 0 Å². The van der Waals surface area contributed by atoms with Crippen LogP contribution in [0.3, 0.4) is 0 Å². The fourth-order valence-electron chi connectivity index (χ4n) is 1.34. The highest BCUT2D eigenvalue weighted by Crippen LogP contribution is 2.18. The van der Waals surface area contributed by atoms with Crippen LogP contribution in [0.25, 0.3) is 0 Å². The molecule has 0 unspecified atom stereocenters. The maximum absolute atomic E-state index is 5.19. The van der Waals surface area contributed by atoms with E-state index in [1.807, 2.05) is 16.9 Å². The van der Waals surface area contributed by atoms with E-state index in [0.717, 1.165) is 31.2 Å². The van der Waals surface area contributed by atoms with Gasteiger partial charge in [-0.3, -0.25) is 4.68 Å². The average molecular weight is 189 g/mol. The van der Waals surface area contributed by atoms with Crippen molar-refractivity contribution in [2.24, 2.45) is 0 Å². The van der Waals surface area contributed by atoms with Gasteiger partial charge in [0.05, 0.1) is 12.2 Å². The van der Waals surface area contributed by atoms with E-state index >= 15 is 0 Å². The molecule has 1 heterocycles. The van der Waals surface area contributed by atoms with E-state index in [0.29, 0.717) is 0 Å².